The highest BCUT2D eigenvalue weighted by Gasteiger charge is 2.07. The first-order chi connectivity index (χ1) is 12.1. The Bertz CT molecular complexity index is 875. The molecule has 3 rings (SSSR count). The molecule has 0 unspecified atom stereocenters. The molecule has 0 saturated carbocycles. The number of phenols is 1. The van der Waals surface area contributed by atoms with Gasteiger partial charge in [-0.05, 0) is 54.6 Å². The summed E-state index contributed by atoms with van der Waals surface area (Å²) in [5.74, 6) is 1.68. The van der Waals surface area contributed by atoms with Crippen LogP contribution in [0, 0.1) is 0 Å². The Morgan fingerprint density at radius 1 is 0.880 bits per heavy atom. The molecule has 0 aliphatic rings. The zero-order valence-corrected chi connectivity index (χ0v) is 13.6. The molecule has 3 aromatic rings. The second kappa shape index (κ2) is 7.40. The molecule has 0 spiro atoms. The van der Waals surface area contributed by atoms with Crippen LogP contribution < -0.4 is 14.8 Å². The quantitative estimate of drug-likeness (QED) is 0.723. The Morgan fingerprint density at radius 3 is 2.32 bits per heavy atom. The van der Waals surface area contributed by atoms with Crippen LogP contribution in [0.4, 0.5) is 5.69 Å². The number of carbonyl (C=O) groups excluding carboxylic acids is 1. The zero-order chi connectivity index (χ0) is 17.6. The number of methoxy groups -OCH3 is 1. The van der Waals surface area contributed by atoms with Crippen molar-refractivity contribution in [3.8, 4) is 23.0 Å². The second-order valence-corrected chi connectivity index (χ2v) is 5.31. The minimum atomic E-state index is -0.222. The summed E-state index contributed by atoms with van der Waals surface area (Å²) in [5.41, 5.74) is 1.16. The molecule has 0 aliphatic carbocycles. The van der Waals surface area contributed by atoms with Crippen molar-refractivity contribution < 1.29 is 19.4 Å². The molecule has 5 nitrogen and oxygen atoms in total. The van der Waals surface area contributed by atoms with Gasteiger partial charge in [-0.1, -0.05) is 12.1 Å². The van der Waals surface area contributed by atoms with Gasteiger partial charge in [0.05, 0.1) is 7.11 Å². The van der Waals surface area contributed by atoms with Gasteiger partial charge in [-0.3, -0.25) is 4.79 Å². The molecule has 0 saturated heterocycles. The molecule has 0 bridgehead atoms. The molecule has 0 radical (unpaired) electrons. The van der Waals surface area contributed by atoms with Crippen molar-refractivity contribution in [3.63, 3.8) is 0 Å². The predicted octanol–water partition coefficient (Wildman–Crippen LogP) is 4.45. The Balaban J connectivity index is 1.66. The number of anilines is 1. The molecule has 1 amide bonds. The van der Waals surface area contributed by atoms with Crippen LogP contribution in [0.5, 0.6) is 23.0 Å². The van der Waals surface area contributed by atoms with Crippen molar-refractivity contribution in [1.29, 1.82) is 0 Å². The highest BCUT2D eigenvalue weighted by atomic mass is 16.5. The van der Waals surface area contributed by atoms with E-state index in [2.05, 4.69) is 5.32 Å². The average Bonchev–Trinajstić information content (AvgIpc) is 2.63. The van der Waals surface area contributed by atoms with Gasteiger partial charge < -0.3 is 19.9 Å². The van der Waals surface area contributed by atoms with Crippen LogP contribution in [0.25, 0.3) is 0 Å². The minimum absolute atomic E-state index is 0.139. The standard InChI is InChI=1S/C20H17NO4/c1-24-18-6-2-4-14(12-18)20(23)21-15-8-10-17(11-9-15)25-19-7-3-5-16(22)13-19/h2-13,22H,1H3,(H,21,23). The first-order valence-corrected chi connectivity index (χ1v) is 7.66. The highest BCUT2D eigenvalue weighted by molar-refractivity contribution is 6.04. The van der Waals surface area contributed by atoms with Gasteiger partial charge in [-0.15, -0.1) is 0 Å². The van der Waals surface area contributed by atoms with E-state index in [0.29, 0.717) is 28.5 Å². The third kappa shape index (κ3) is 4.29. The Kier molecular flexibility index (Phi) is 4.85. The van der Waals surface area contributed by atoms with Crippen molar-refractivity contribution in [3.05, 3.63) is 78.4 Å². The van der Waals surface area contributed by atoms with Crippen LogP contribution in [0.2, 0.25) is 0 Å². The molecule has 126 valence electrons. The lowest BCUT2D eigenvalue weighted by molar-refractivity contribution is 0.102. The van der Waals surface area contributed by atoms with Crippen molar-refractivity contribution in [2.75, 3.05) is 12.4 Å². The van der Waals surface area contributed by atoms with Crippen molar-refractivity contribution in [2.45, 2.75) is 0 Å². The number of rotatable bonds is 5. The molecule has 0 aromatic heterocycles. The normalized spacial score (nSPS) is 10.1. The van der Waals surface area contributed by atoms with Crippen LogP contribution in [0.1, 0.15) is 10.4 Å². The monoisotopic (exact) mass is 335 g/mol. The summed E-state index contributed by atoms with van der Waals surface area (Å²) >= 11 is 0. The van der Waals surface area contributed by atoms with Gasteiger partial charge in [0, 0.05) is 17.3 Å². The first-order valence-electron chi connectivity index (χ1n) is 7.66. The predicted molar refractivity (Wildman–Crippen MR) is 95.6 cm³/mol. The number of carbonyl (C=O) groups is 1. The lowest BCUT2D eigenvalue weighted by Crippen LogP contribution is -2.11. The van der Waals surface area contributed by atoms with Gasteiger partial charge in [-0.25, -0.2) is 0 Å². The minimum Gasteiger partial charge on any atom is -0.508 e. The molecular formula is C20H17NO4. The maximum absolute atomic E-state index is 12.3. The maximum atomic E-state index is 12.3. The highest BCUT2D eigenvalue weighted by Crippen LogP contribution is 2.25. The SMILES string of the molecule is COc1cccc(C(=O)Nc2ccc(Oc3cccc(O)c3)cc2)c1. The lowest BCUT2D eigenvalue weighted by atomic mass is 10.2. The van der Waals surface area contributed by atoms with E-state index in [1.165, 1.54) is 6.07 Å². The zero-order valence-electron chi connectivity index (χ0n) is 13.6. The number of aromatic hydroxyl groups is 1. The fourth-order valence-corrected chi connectivity index (χ4v) is 2.26. The second-order valence-electron chi connectivity index (χ2n) is 5.31. The van der Waals surface area contributed by atoms with E-state index in [-0.39, 0.29) is 11.7 Å². The maximum Gasteiger partial charge on any atom is 0.255 e. The molecule has 0 aliphatic heterocycles. The molecule has 2 N–H and O–H groups in total. The Labute approximate surface area is 145 Å². The van der Waals surface area contributed by atoms with E-state index in [1.807, 2.05) is 0 Å². The van der Waals surface area contributed by atoms with Crippen LogP contribution in [0.15, 0.2) is 72.8 Å². The number of hydrogen-bond donors (Lipinski definition) is 2. The molecule has 0 atom stereocenters. The van der Waals surface area contributed by atoms with Crippen molar-refractivity contribution in [2.24, 2.45) is 0 Å². The number of amides is 1. The molecule has 25 heavy (non-hydrogen) atoms. The number of hydrogen-bond acceptors (Lipinski definition) is 4. The summed E-state index contributed by atoms with van der Waals surface area (Å²) in [7, 11) is 1.56. The van der Waals surface area contributed by atoms with Gasteiger partial charge in [0.25, 0.3) is 5.91 Å². The number of phenolic OH excluding ortho intramolecular Hbond substituents is 1. The summed E-state index contributed by atoms with van der Waals surface area (Å²) in [6.45, 7) is 0. The van der Waals surface area contributed by atoms with Crippen LogP contribution >= 0.6 is 0 Å². The molecule has 5 heteroatoms. The van der Waals surface area contributed by atoms with Gasteiger partial charge in [0.1, 0.15) is 23.0 Å². The first kappa shape index (κ1) is 16.4. The van der Waals surface area contributed by atoms with E-state index in [4.69, 9.17) is 9.47 Å². The molecular weight excluding hydrogens is 318 g/mol. The average molecular weight is 335 g/mol. The summed E-state index contributed by atoms with van der Waals surface area (Å²) < 4.78 is 10.8. The molecule has 3 aromatic carbocycles. The Morgan fingerprint density at radius 2 is 1.60 bits per heavy atom. The van der Waals surface area contributed by atoms with Crippen LogP contribution in [0.3, 0.4) is 0 Å². The van der Waals surface area contributed by atoms with E-state index in [0.717, 1.165) is 0 Å². The fraction of sp³-hybridized carbons (Fsp3) is 0.0500. The van der Waals surface area contributed by atoms with E-state index < -0.39 is 0 Å². The van der Waals surface area contributed by atoms with Gasteiger partial charge >= 0.3 is 0 Å². The molecule has 0 heterocycles. The van der Waals surface area contributed by atoms with E-state index in [9.17, 15) is 9.90 Å². The molecule has 0 fully saturated rings. The summed E-state index contributed by atoms with van der Waals surface area (Å²) in [6, 6.07) is 20.5. The van der Waals surface area contributed by atoms with Crippen LogP contribution in [-0.4, -0.2) is 18.1 Å². The third-order valence-electron chi connectivity index (χ3n) is 3.50. The number of nitrogens with one attached hydrogen (secondary N) is 1. The largest absolute Gasteiger partial charge is 0.508 e. The number of benzene rings is 3. The van der Waals surface area contributed by atoms with Gasteiger partial charge in [-0.2, -0.15) is 0 Å². The van der Waals surface area contributed by atoms with Gasteiger partial charge in [0.2, 0.25) is 0 Å². The Hall–Kier alpha value is -3.47. The topological polar surface area (TPSA) is 67.8 Å². The summed E-state index contributed by atoms with van der Waals surface area (Å²) in [5, 5.41) is 12.3. The number of ether oxygens (including phenoxy) is 2. The summed E-state index contributed by atoms with van der Waals surface area (Å²) in [6.07, 6.45) is 0. The van der Waals surface area contributed by atoms with E-state index >= 15 is 0 Å². The van der Waals surface area contributed by atoms with Crippen molar-refractivity contribution >= 4 is 11.6 Å². The smallest absolute Gasteiger partial charge is 0.255 e. The summed E-state index contributed by atoms with van der Waals surface area (Å²) in [4.78, 5) is 12.3. The van der Waals surface area contributed by atoms with E-state index in [1.54, 1.807) is 73.8 Å². The van der Waals surface area contributed by atoms with Crippen LogP contribution in [-0.2, 0) is 0 Å². The lowest BCUT2D eigenvalue weighted by Gasteiger charge is -2.09. The van der Waals surface area contributed by atoms with Crippen molar-refractivity contribution in [1.82, 2.24) is 0 Å². The third-order valence-corrected chi connectivity index (χ3v) is 3.50. The van der Waals surface area contributed by atoms with Gasteiger partial charge in [0.15, 0.2) is 0 Å². The fourth-order valence-electron chi connectivity index (χ4n) is 2.26.